The molecule has 2 aromatic carbocycles. The van der Waals surface area contributed by atoms with Crippen LogP contribution in [0.15, 0.2) is 48.5 Å². The Labute approximate surface area is 170 Å². The van der Waals surface area contributed by atoms with Gasteiger partial charge in [-0.15, -0.1) is 0 Å². The van der Waals surface area contributed by atoms with Crippen molar-refractivity contribution in [1.29, 1.82) is 0 Å². The number of ether oxygens (including phenoxy) is 2. The lowest BCUT2D eigenvalue weighted by atomic mass is 10.1. The van der Waals surface area contributed by atoms with Crippen molar-refractivity contribution < 1.29 is 19.1 Å². The highest BCUT2D eigenvalue weighted by Crippen LogP contribution is 2.33. The number of para-hydroxylation sites is 4. The van der Waals surface area contributed by atoms with Crippen LogP contribution in [0.5, 0.6) is 11.5 Å². The highest BCUT2D eigenvalue weighted by molar-refractivity contribution is 5.99. The number of amides is 2. The molecule has 2 amide bonds. The molecule has 1 N–H and O–H groups in total. The van der Waals surface area contributed by atoms with Crippen LogP contribution in [0.3, 0.4) is 0 Å². The molecule has 0 aromatic heterocycles. The van der Waals surface area contributed by atoms with Gasteiger partial charge in [-0.2, -0.15) is 0 Å². The van der Waals surface area contributed by atoms with E-state index in [1.807, 2.05) is 36.4 Å². The number of carbonyl (C=O) groups excluding carboxylic acids is 2. The van der Waals surface area contributed by atoms with Crippen LogP contribution in [0.1, 0.15) is 13.3 Å². The fraction of sp³-hybridized carbons (Fsp3) is 0.364. The Balaban J connectivity index is 1.37. The SMILES string of the molecule is CCN1C[C@H](CN(C)C(=O)C[C@H]2Oc3ccccc3NC2=O)Oc2ccccc21. The van der Waals surface area contributed by atoms with Gasteiger partial charge in [0.1, 0.15) is 17.6 Å². The minimum atomic E-state index is -0.833. The van der Waals surface area contributed by atoms with Gasteiger partial charge in [0.2, 0.25) is 5.91 Å². The average Bonchev–Trinajstić information content (AvgIpc) is 2.73. The molecule has 0 saturated carbocycles. The molecular formula is C22H25N3O4. The Bertz CT molecular complexity index is 916. The molecule has 0 spiro atoms. The molecule has 7 nitrogen and oxygen atoms in total. The van der Waals surface area contributed by atoms with Crippen LogP contribution in [-0.2, 0) is 9.59 Å². The predicted octanol–water partition coefficient (Wildman–Crippen LogP) is 2.52. The number of hydrogen-bond donors (Lipinski definition) is 1. The van der Waals surface area contributed by atoms with E-state index in [-0.39, 0.29) is 24.3 Å². The van der Waals surface area contributed by atoms with Crippen LogP contribution >= 0.6 is 0 Å². The molecule has 0 bridgehead atoms. The van der Waals surface area contributed by atoms with Gasteiger partial charge < -0.3 is 24.6 Å². The molecule has 2 aromatic rings. The largest absolute Gasteiger partial charge is 0.485 e. The van der Waals surface area contributed by atoms with Crippen molar-refractivity contribution in [3.8, 4) is 11.5 Å². The first-order valence-corrected chi connectivity index (χ1v) is 9.86. The van der Waals surface area contributed by atoms with Crippen LogP contribution in [0, 0.1) is 0 Å². The maximum Gasteiger partial charge on any atom is 0.266 e. The summed E-state index contributed by atoms with van der Waals surface area (Å²) in [6.45, 7) is 4.11. The molecule has 4 rings (SSSR count). The molecule has 152 valence electrons. The van der Waals surface area contributed by atoms with Crippen molar-refractivity contribution >= 4 is 23.2 Å². The van der Waals surface area contributed by atoms with E-state index in [1.165, 1.54) is 0 Å². The van der Waals surface area contributed by atoms with Gasteiger partial charge in [0.15, 0.2) is 6.10 Å². The lowest BCUT2D eigenvalue weighted by molar-refractivity contribution is -0.136. The second-order valence-electron chi connectivity index (χ2n) is 7.32. The van der Waals surface area contributed by atoms with E-state index in [0.29, 0.717) is 24.5 Å². The van der Waals surface area contributed by atoms with Gasteiger partial charge in [-0.05, 0) is 31.2 Å². The van der Waals surface area contributed by atoms with E-state index in [1.54, 1.807) is 24.1 Å². The highest BCUT2D eigenvalue weighted by Gasteiger charge is 2.32. The molecule has 0 radical (unpaired) electrons. The average molecular weight is 395 g/mol. The molecule has 0 fully saturated rings. The lowest BCUT2D eigenvalue weighted by Gasteiger charge is -2.37. The minimum Gasteiger partial charge on any atom is -0.485 e. The summed E-state index contributed by atoms with van der Waals surface area (Å²) in [6, 6.07) is 15.1. The molecule has 2 aliphatic rings. The number of nitrogens with zero attached hydrogens (tertiary/aromatic N) is 2. The van der Waals surface area contributed by atoms with E-state index in [4.69, 9.17) is 9.47 Å². The Morgan fingerprint density at radius 1 is 1.14 bits per heavy atom. The number of benzene rings is 2. The predicted molar refractivity (Wildman–Crippen MR) is 110 cm³/mol. The first kappa shape index (κ1) is 19.1. The van der Waals surface area contributed by atoms with Crippen LogP contribution < -0.4 is 19.7 Å². The minimum absolute atomic E-state index is 0.0164. The van der Waals surface area contributed by atoms with Crippen molar-refractivity contribution in [3.05, 3.63) is 48.5 Å². The Hall–Kier alpha value is -3.22. The molecule has 29 heavy (non-hydrogen) atoms. The van der Waals surface area contributed by atoms with E-state index in [9.17, 15) is 9.59 Å². The summed E-state index contributed by atoms with van der Waals surface area (Å²) in [7, 11) is 1.73. The summed E-state index contributed by atoms with van der Waals surface area (Å²) < 4.78 is 11.8. The van der Waals surface area contributed by atoms with Gasteiger partial charge in [0, 0.05) is 13.6 Å². The molecule has 2 aliphatic heterocycles. The number of nitrogens with one attached hydrogen (secondary N) is 1. The highest BCUT2D eigenvalue weighted by atomic mass is 16.5. The zero-order chi connectivity index (χ0) is 20.4. The zero-order valence-corrected chi connectivity index (χ0v) is 16.6. The van der Waals surface area contributed by atoms with Crippen LogP contribution in [0.25, 0.3) is 0 Å². The first-order valence-electron chi connectivity index (χ1n) is 9.86. The molecule has 2 heterocycles. The smallest absolute Gasteiger partial charge is 0.266 e. The summed E-state index contributed by atoms with van der Waals surface area (Å²) in [6.07, 6.45) is -0.988. The van der Waals surface area contributed by atoms with E-state index < -0.39 is 6.10 Å². The van der Waals surface area contributed by atoms with Gasteiger partial charge >= 0.3 is 0 Å². The molecule has 2 atom stereocenters. The van der Waals surface area contributed by atoms with Crippen molar-refractivity contribution in [2.75, 3.05) is 36.9 Å². The number of fused-ring (bicyclic) bond motifs is 2. The second kappa shape index (κ2) is 8.03. The molecule has 0 saturated heterocycles. The normalized spacial score (nSPS) is 19.9. The third kappa shape index (κ3) is 3.99. The van der Waals surface area contributed by atoms with E-state index in [0.717, 1.165) is 18.0 Å². The Morgan fingerprint density at radius 3 is 2.66 bits per heavy atom. The summed E-state index contributed by atoms with van der Waals surface area (Å²) in [5, 5.41) is 2.79. The summed E-state index contributed by atoms with van der Waals surface area (Å²) in [5.74, 6) is 0.955. The second-order valence-corrected chi connectivity index (χ2v) is 7.32. The third-order valence-electron chi connectivity index (χ3n) is 5.28. The van der Waals surface area contributed by atoms with Crippen LogP contribution in [-0.4, -0.2) is 55.6 Å². The lowest BCUT2D eigenvalue weighted by Crippen LogP contribution is -2.48. The quantitative estimate of drug-likeness (QED) is 0.842. The number of likely N-dealkylation sites (N-methyl/N-ethyl adjacent to an activating group) is 2. The number of rotatable bonds is 5. The van der Waals surface area contributed by atoms with E-state index >= 15 is 0 Å². The molecule has 7 heteroatoms. The fourth-order valence-corrected chi connectivity index (χ4v) is 3.72. The maximum absolute atomic E-state index is 12.7. The van der Waals surface area contributed by atoms with Gasteiger partial charge in [-0.25, -0.2) is 0 Å². The zero-order valence-electron chi connectivity index (χ0n) is 16.6. The van der Waals surface area contributed by atoms with Crippen molar-refractivity contribution in [3.63, 3.8) is 0 Å². The topological polar surface area (TPSA) is 71.1 Å². The Kier molecular flexibility index (Phi) is 5.29. The van der Waals surface area contributed by atoms with Gasteiger partial charge in [-0.3, -0.25) is 9.59 Å². The Morgan fingerprint density at radius 2 is 1.86 bits per heavy atom. The van der Waals surface area contributed by atoms with Gasteiger partial charge in [0.05, 0.1) is 30.9 Å². The number of carbonyl (C=O) groups is 2. The maximum atomic E-state index is 12.7. The van der Waals surface area contributed by atoms with E-state index in [2.05, 4.69) is 17.1 Å². The number of hydrogen-bond acceptors (Lipinski definition) is 5. The fourth-order valence-electron chi connectivity index (χ4n) is 3.72. The molecule has 0 unspecified atom stereocenters. The van der Waals surface area contributed by atoms with Crippen molar-refractivity contribution in [2.24, 2.45) is 0 Å². The molecule has 0 aliphatic carbocycles. The summed E-state index contributed by atoms with van der Waals surface area (Å²) >= 11 is 0. The van der Waals surface area contributed by atoms with Crippen LogP contribution in [0.2, 0.25) is 0 Å². The first-order chi connectivity index (χ1) is 14.0. The van der Waals surface area contributed by atoms with Crippen molar-refractivity contribution in [2.45, 2.75) is 25.6 Å². The van der Waals surface area contributed by atoms with Crippen molar-refractivity contribution in [1.82, 2.24) is 4.90 Å². The summed E-state index contributed by atoms with van der Waals surface area (Å²) in [4.78, 5) is 28.9. The monoisotopic (exact) mass is 395 g/mol. The van der Waals surface area contributed by atoms with Gasteiger partial charge in [-0.1, -0.05) is 24.3 Å². The van der Waals surface area contributed by atoms with Crippen LogP contribution in [0.4, 0.5) is 11.4 Å². The molecular weight excluding hydrogens is 370 g/mol. The van der Waals surface area contributed by atoms with Gasteiger partial charge in [0.25, 0.3) is 5.91 Å². The number of anilines is 2. The summed E-state index contributed by atoms with van der Waals surface area (Å²) in [5.41, 5.74) is 1.70. The standard InChI is InChI=1S/C22H25N3O4/c1-3-25-14-15(28-19-11-7-5-9-17(19)25)13-24(2)21(26)12-20-22(27)23-16-8-4-6-10-18(16)29-20/h4-11,15,20H,3,12-14H2,1-2H3,(H,23,27)/t15-,20+/m0/s1. The third-order valence-corrected chi connectivity index (χ3v) is 5.28.